The Bertz CT molecular complexity index is 1410. The Labute approximate surface area is 250 Å². The van der Waals surface area contributed by atoms with Crippen molar-refractivity contribution in [2.45, 2.75) is 50.6 Å². The number of nitrogens with zero attached hydrogens (tertiary/aromatic N) is 4. The highest BCUT2D eigenvalue weighted by Gasteiger charge is 2.35. The van der Waals surface area contributed by atoms with Gasteiger partial charge >= 0.3 is 0 Å². The number of hydrogen-bond donors (Lipinski definition) is 1. The molecule has 6 rings (SSSR count). The van der Waals surface area contributed by atoms with E-state index in [2.05, 4.69) is 25.1 Å². The van der Waals surface area contributed by atoms with Crippen LogP contribution in [0.4, 0.5) is 15.9 Å². The number of anilines is 2. The molecule has 0 spiro atoms. The summed E-state index contributed by atoms with van der Waals surface area (Å²) >= 11 is 5.97. The first-order valence-corrected chi connectivity index (χ1v) is 15.2. The Morgan fingerprint density at radius 2 is 1.86 bits per heavy atom. The Morgan fingerprint density at radius 1 is 1.05 bits per heavy atom. The Hall–Kier alpha value is -3.21. The monoisotopic (exact) mass is 597 g/mol. The van der Waals surface area contributed by atoms with Gasteiger partial charge in [-0.2, -0.15) is 0 Å². The maximum Gasteiger partial charge on any atom is 0.237 e. The number of halogens is 2. The smallest absolute Gasteiger partial charge is 0.237 e. The predicted octanol–water partition coefficient (Wildman–Crippen LogP) is 5.44. The maximum absolute atomic E-state index is 14.6. The number of nitrogens with one attached hydrogen (secondary N) is 1. The number of carbonyl (C=O) groups is 1. The summed E-state index contributed by atoms with van der Waals surface area (Å²) in [5.41, 5.74) is 0.871. The average Bonchev–Trinajstić information content (AvgIpc) is 3.02. The second-order valence-corrected chi connectivity index (χ2v) is 11.8. The van der Waals surface area contributed by atoms with E-state index in [0.29, 0.717) is 59.4 Å². The third-order valence-electron chi connectivity index (χ3n) is 8.85. The fraction of sp³-hybridized carbons (Fsp3) is 0.516. The minimum atomic E-state index is -0.544. The van der Waals surface area contributed by atoms with Crippen LogP contribution in [0.2, 0.25) is 5.02 Å². The van der Waals surface area contributed by atoms with Crippen molar-refractivity contribution in [3.05, 3.63) is 47.5 Å². The van der Waals surface area contributed by atoms with E-state index in [9.17, 15) is 9.18 Å². The summed E-state index contributed by atoms with van der Waals surface area (Å²) in [4.78, 5) is 26.1. The molecule has 2 aliphatic heterocycles. The molecule has 9 nitrogen and oxygen atoms in total. The number of rotatable bonds is 8. The van der Waals surface area contributed by atoms with E-state index in [-0.39, 0.29) is 16.6 Å². The van der Waals surface area contributed by atoms with Crippen molar-refractivity contribution in [3.8, 4) is 11.5 Å². The lowest BCUT2D eigenvalue weighted by atomic mass is 9.85. The molecule has 11 heteroatoms. The molecule has 1 aliphatic carbocycles. The summed E-state index contributed by atoms with van der Waals surface area (Å²) in [5.74, 6) is 1.74. The quantitative estimate of drug-likeness (QED) is 0.367. The van der Waals surface area contributed by atoms with Crippen molar-refractivity contribution >= 4 is 39.9 Å². The van der Waals surface area contributed by atoms with Gasteiger partial charge in [0.1, 0.15) is 12.1 Å². The molecule has 224 valence electrons. The third kappa shape index (κ3) is 6.26. The molecule has 2 aromatic carbocycles. The van der Waals surface area contributed by atoms with Crippen molar-refractivity contribution in [1.82, 2.24) is 19.8 Å². The molecule has 42 heavy (non-hydrogen) atoms. The lowest BCUT2D eigenvalue weighted by Gasteiger charge is -2.44. The minimum absolute atomic E-state index is 0.0302. The van der Waals surface area contributed by atoms with Gasteiger partial charge in [-0.3, -0.25) is 9.69 Å². The van der Waals surface area contributed by atoms with E-state index in [1.54, 1.807) is 25.3 Å². The zero-order valence-corrected chi connectivity index (χ0v) is 24.6. The van der Waals surface area contributed by atoms with Gasteiger partial charge in [-0.1, -0.05) is 17.7 Å². The van der Waals surface area contributed by atoms with E-state index in [0.717, 1.165) is 64.8 Å². The molecule has 0 atom stereocenters. The zero-order chi connectivity index (χ0) is 29.1. The van der Waals surface area contributed by atoms with E-state index in [1.165, 1.54) is 12.4 Å². The molecule has 0 unspecified atom stereocenters. The van der Waals surface area contributed by atoms with Crippen molar-refractivity contribution in [2.75, 3.05) is 51.9 Å². The van der Waals surface area contributed by atoms with Crippen LogP contribution in [0.1, 0.15) is 38.5 Å². The summed E-state index contributed by atoms with van der Waals surface area (Å²) in [6.07, 6.45) is 7.51. The SMILES string of the molecule is COc1cc2ncnc(Nc3cccc(Cl)c3F)c2cc1OCC1CCC(N2CCN(C3CCOCC3)C(=O)C2)CC1. The fourth-order valence-electron chi connectivity index (χ4n) is 6.45. The molecule has 0 radical (unpaired) electrons. The number of carbonyl (C=O) groups excluding carboxylic acids is 1. The molecule has 3 heterocycles. The number of ether oxygens (including phenoxy) is 3. The summed E-state index contributed by atoms with van der Waals surface area (Å²) in [5, 5.41) is 3.75. The van der Waals surface area contributed by atoms with Gasteiger partial charge in [0.2, 0.25) is 5.91 Å². The van der Waals surface area contributed by atoms with Crippen molar-refractivity contribution in [1.29, 1.82) is 0 Å². The molecule has 2 saturated heterocycles. The normalized spacial score (nSPS) is 22.4. The van der Waals surface area contributed by atoms with E-state index in [1.807, 2.05) is 6.07 Å². The highest BCUT2D eigenvalue weighted by molar-refractivity contribution is 6.31. The molecule has 1 aromatic heterocycles. The minimum Gasteiger partial charge on any atom is -0.493 e. The Balaban J connectivity index is 1.07. The summed E-state index contributed by atoms with van der Waals surface area (Å²) in [7, 11) is 1.60. The topological polar surface area (TPSA) is 89.1 Å². The maximum atomic E-state index is 14.6. The van der Waals surface area contributed by atoms with Crippen molar-refractivity contribution in [3.63, 3.8) is 0 Å². The number of piperazine rings is 1. The van der Waals surface area contributed by atoms with E-state index < -0.39 is 5.82 Å². The molecule has 1 amide bonds. The first-order chi connectivity index (χ1) is 20.5. The lowest BCUT2D eigenvalue weighted by Crippen LogP contribution is -2.57. The molecule has 3 aromatic rings. The number of aromatic nitrogens is 2. The van der Waals surface area contributed by atoms with Gasteiger partial charge in [0.15, 0.2) is 17.3 Å². The number of fused-ring (bicyclic) bond motifs is 1. The Kier molecular flexibility index (Phi) is 8.92. The first kappa shape index (κ1) is 28.9. The van der Waals surface area contributed by atoms with Crippen LogP contribution in [-0.4, -0.2) is 84.3 Å². The standard InChI is InChI=1S/C31H37ClFN5O4/c1-40-27-16-26-23(31(35-19-34-26)36-25-4-2-3-24(32)30(25)33)15-28(27)42-18-20-5-7-21(8-6-20)37-11-12-38(29(39)17-37)22-9-13-41-14-10-22/h2-4,15-16,19-22H,5-14,17-18H2,1H3,(H,34,35,36). The van der Waals surface area contributed by atoms with Crippen LogP contribution in [0.15, 0.2) is 36.7 Å². The van der Waals surface area contributed by atoms with Gasteiger partial charge < -0.3 is 24.4 Å². The second-order valence-electron chi connectivity index (χ2n) is 11.4. The summed E-state index contributed by atoms with van der Waals surface area (Å²) in [6, 6.07) is 9.20. The first-order valence-electron chi connectivity index (χ1n) is 14.8. The van der Waals surface area contributed by atoms with Crippen molar-refractivity contribution in [2.24, 2.45) is 5.92 Å². The number of amides is 1. The Morgan fingerprint density at radius 3 is 2.62 bits per heavy atom. The molecule has 3 aliphatic rings. The predicted molar refractivity (Wildman–Crippen MR) is 159 cm³/mol. The summed E-state index contributed by atoms with van der Waals surface area (Å²) in [6.45, 7) is 4.35. The molecule has 3 fully saturated rings. The van der Waals surface area contributed by atoms with Crippen LogP contribution in [0, 0.1) is 11.7 Å². The van der Waals surface area contributed by atoms with Gasteiger partial charge in [0, 0.05) is 49.8 Å². The van der Waals surface area contributed by atoms with Crippen LogP contribution in [0.3, 0.4) is 0 Å². The molecule has 1 N–H and O–H groups in total. The highest BCUT2D eigenvalue weighted by atomic mass is 35.5. The highest BCUT2D eigenvalue weighted by Crippen LogP contribution is 2.37. The van der Waals surface area contributed by atoms with Crippen LogP contribution in [0.25, 0.3) is 10.9 Å². The van der Waals surface area contributed by atoms with Gasteiger partial charge in [-0.25, -0.2) is 14.4 Å². The fourth-order valence-corrected chi connectivity index (χ4v) is 6.62. The number of benzene rings is 2. The van der Waals surface area contributed by atoms with Gasteiger partial charge in [0.25, 0.3) is 0 Å². The molecule has 1 saturated carbocycles. The van der Waals surface area contributed by atoms with E-state index >= 15 is 0 Å². The largest absolute Gasteiger partial charge is 0.493 e. The van der Waals surface area contributed by atoms with Crippen LogP contribution in [0.5, 0.6) is 11.5 Å². The van der Waals surface area contributed by atoms with Crippen molar-refractivity contribution < 1.29 is 23.4 Å². The number of hydrogen-bond acceptors (Lipinski definition) is 8. The van der Waals surface area contributed by atoms with Gasteiger partial charge in [0.05, 0.1) is 36.5 Å². The van der Waals surface area contributed by atoms with Gasteiger partial charge in [-0.15, -0.1) is 0 Å². The summed E-state index contributed by atoms with van der Waals surface area (Å²) < 4.78 is 32.0. The molecular weight excluding hydrogens is 561 g/mol. The molecule has 0 bridgehead atoms. The number of methoxy groups -OCH3 is 1. The second kappa shape index (κ2) is 13.0. The van der Waals surface area contributed by atoms with E-state index in [4.69, 9.17) is 25.8 Å². The van der Waals surface area contributed by atoms with Crippen LogP contribution >= 0.6 is 11.6 Å². The van der Waals surface area contributed by atoms with Crippen LogP contribution in [-0.2, 0) is 9.53 Å². The zero-order valence-electron chi connectivity index (χ0n) is 23.9. The molecular formula is C31H37ClFN5O4. The third-order valence-corrected chi connectivity index (χ3v) is 9.14. The van der Waals surface area contributed by atoms with Crippen LogP contribution < -0.4 is 14.8 Å². The average molecular weight is 598 g/mol. The lowest BCUT2D eigenvalue weighted by molar-refractivity contribution is -0.142. The van der Waals surface area contributed by atoms with Gasteiger partial charge in [-0.05, 0) is 62.6 Å².